The van der Waals surface area contributed by atoms with Gasteiger partial charge in [-0.3, -0.25) is 0 Å². The number of hydrogen-bond donors (Lipinski definition) is 0. The molecule has 0 N–H and O–H groups in total. The first-order valence-corrected chi connectivity index (χ1v) is 8.24. The molecule has 2 aromatic rings. The summed E-state index contributed by atoms with van der Waals surface area (Å²) in [5, 5.41) is 0.122. The van der Waals surface area contributed by atoms with Gasteiger partial charge < -0.3 is 4.57 Å². The molecule has 0 spiro atoms. The van der Waals surface area contributed by atoms with E-state index in [4.69, 9.17) is 23.2 Å². The maximum absolute atomic E-state index is 13.9. The van der Waals surface area contributed by atoms with Crippen molar-refractivity contribution < 1.29 is 4.39 Å². The van der Waals surface area contributed by atoms with E-state index in [0.29, 0.717) is 23.8 Å². The number of alkyl halides is 1. The Labute approximate surface area is 134 Å². The zero-order valence-corrected chi connectivity index (χ0v) is 13.8. The highest BCUT2D eigenvalue weighted by Crippen LogP contribution is 2.45. The van der Waals surface area contributed by atoms with Crippen LogP contribution in [0.25, 0.3) is 11.0 Å². The number of rotatable bonds is 3. The number of halogens is 3. The molecule has 1 unspecified atom stereocenters. The molecule has 21 heavy (non-hydrogen) atoms. The molecule has 1 atom stereocenters. The highest BCUT2D eigenvalue weighted by Gasteiger charge is 2.33. The summed E-state index contributed by atoms with van der Waals surface area (Å²) in [6, 6.07) is 3.48. The van der Waals surface area contributed by atoms with Crippen LogP contribution in [0.4, 0.5) is 4.39 Å². The summed E-state index contributed by atoms with van der Waals surface area (Å²) in [6.07, 6.45) is 4.04. The van der Waals surface area contributed by atoms with Crippen LogP contribution in [0.5, 0.6) is 0 Å². The van der Waals surface area contributed by atoms with Crippen LogP contribution in [0, 0.1) is 11.2 Å². The molecule has 1 aliphatic carbocycles. The minimum atomic E-state index is -0.389. The second-order valence-electron chi connectivity index (χ2n) is 6.65. The molecule has 0 radical (unpaired) electrons. The second kappa shape index (κ2) is 5.44. The summed E-state index contributed by atoms with van der Waals surface area (Å²) in [5.74, 6) is 1.06. The SMILES string of the molecule is CC1(C)CCC(n2c(CCCl)nc3cc(Cl)c(F)cc32)C1. The quantitative estimate of drug-likeness (QED) is 0.693. The predicted molar refractivity (Wildman–Crippen MR) is 85.8 cm³/mol. The summed E-state index contributed by atoms with van der Waals surface area (Å²) < 4.78 is 16.1. The number of aromatic nitrogens is 2. The van der Waals surface area contributed by atoms with E-state index in [1.165, 1.54) is 12.5 Å². The molecule has 3 rings (SSSR count). The minimum absolute atomic E-state index is 0.122. The van der Waals surface area contributed by atoms with Crippen molar-refractivity contribution in [3.05, 3.63) is 28.8 Å². The van der Waals surface area contributed by atoms with Gasteiger partial charge in [0.2, 0.25) is 0 Å². The van der Waals surface area contributed by atoms with Gasteiger partial charge in [-0.05, 0) is 30.7 Å². The minimum Gasteiger partial charge on any atom is -0.325 e. The normalized spacial score (nSPS) is 21.3. The van der Waals surface area contributed by atoms with Crippen molar-refractivity contribution >= 4 is 34.2 Å². The summed E-state index contributed by atoms with van der Waals surface area (Å²) in [5.41, 5.74) is 1.91. The van der Waals surface area contributed by atoms with E-state index in [1.54, 1.807) is 6.07 Å². The van der Waals surface area contributed by atoms with Gasteiger partial charge in [-0.15, -0.1) is 11.6 Å². The van der Waals surface area contributed by atoms with E-state index in [-0.39, 0.29) is 10.8 Å². The van der Waals surface area contributed by atoms with Crippen molar-refractivity contribution in [3.63, 3.8) is 0 Å². The Morgan fingerprint density at radius 1 is 1.43 bits per heavy atom. The molecule has 0 amide bonds. The third-order valence-electron chi connectivity index (χ3n) is 4.43. The molecule has 1 aliphatic rings. The third kappa shape index (κ3) is 2.78. The standard InChI is InChI=1S/C16H19Cl2FN2/c1-16(2)5-3-10(9-16)21-14-8-12(19)11(18)7-13(14)20-15(21)4-6-17/h7-8,10H,3-6,9H2,1-2H3. The summed E-state index contributed by atoms with van der Waals surface area (Å²) in [4.78, 5) is 4.62. The summed E-state index contributed by atoms with van der Waals surface area (Å²) in [7, 11) is 0. The maximum atomic E-state index is 13.9. The fourth-order valence-corrected chi connectivity index (χ4v) is 3.76. The predicted octanol–water partition coefficient (Wildman–Crippen LogP) is 5.36. The lowest BCUT2D eigenvalue weighted by Crippen LogP contribution is -2.12. The lowest BCUT2D eigenvalue weighted by Gasteiger charge is -2.20. The molecule has 2 nitrogen and oxygen atoms in total. The van der Waals surface area contributed by atoms with Crippen molar-refractivity contribution in [2.24, 2.45) is 5.41 Å². The molecule has 1 fully saturated rings. The Bertz CT molecular complexity index is 678. The molecule has 1 heterocycles. The van der Waals surface area contributed by atoms with E-state index in [9.17, 15) is 4.39 Å². The van der Waals surface area contributed by atoms with Crippen molar-refractivity contribution in [1.29, 1.82) is 0 Å². The van der Waals surface area contributed by atoms with Crippen LogP contribution in [0.2, 0.25) is 5.02 Å². The third-order valence-corrected chi connectivity index (χ3v) is 4.91. The van der Waals surface area contributed by atoms with Crippen molar-refractivity contribution in [3.8, 4) is 0 Å². The van der Waals surface area contributed by atoms with E-state index in [2.05, 4.69) is 23.4 Å². The van der Waals surface area contributed by atoms with Crippen molar-refractivity contribution in [2.75, 3.05) is 5.88 Å². The van der Waals surface area contributed by atoms with E-state index >= 15 is 0 Å². The van der Waals surface area contributed by atoms with Gasteiger partial charge in [-0.25, -0.2) is 9.37 Å². The number of hydrogen-bond acceptors (Lipinski definition) is 1. The average molecular weight is 329 g/mol. The highest BCUT2D eigenvalue weighted by molar-refractivity contribution is 6.31. The zero-order valence-electron chi connectivity index (χ0n) is 12.3. The number of benzene rings is 1. The van der Waals surface area contributed by atoms with E-state index in [0.717, 1.165) is 29.7 Å². The molecular weight excluding hydrogens is 310 g/mol. The van der Waals surface area contributed by atoms with E-state index < -0.39 is 0 Å². The smallest absolute Gasteiger partial charge is 0.144 e. The van der Waals surface area contributed by atoms with E-state index in [1.807, 2.05) is 0 Å². The van der Waals surface area contributed by atoms with Crippen LogP contribution in [-0.4, -0.2) is 15.4 Å². The van der Waals surface area contributed by atoms with Crippen LogP contribution < -0.4 is 0 Å². The monoisotopic (exact) mass is 328 g/mol. The fourth-order valence-electron chi connectivity index (χ4n) is 3.43. The molecule has 0 saturated heterocycles. The van der Waals surface area contributed by atoms with Gasteiger partial charge in [-0.2, -0.15) is 0 Å². The summed E-state index contributed by atoms with van der Waals surface area (Å²) in [6.45, 7) is 4.57. The van der Waals surface area contributed by atoms with Gasteiger partial charge >= 0.3 is 0 Å². The molecule has 1 aromatic heterocycles. The van der Waals surface area contributed by atoms with Gasteiger partial charge in [0.15, 0.2) is 0 Å². The van der Waals surface area contributed by atoms with Crippen LogP contribution in [0.1, 0.15) is 45.0 Å². The lowest BCUT2D eigenvalue weighted by molar-refractivity contribution is 0.358. The first kappa shape index (κ1) is 15.1. The second-order valence-corrected chi connectivity index (χ2v) is 7.44. The first-order valence-electron chi connectivity index (χ1n) is 7.33. The Balaban J connectivity index is 2.14. The van der Waals surface area contributed by atoms with Crippen LogP contribution in [-0.2, 0) is 6.42 Å². The number of imidazole rings is 1. The molecule has 1 saturated carbocycles. The fraction of sp³-hybridized carbons (Fsp3) is 0.562. The molecule has 5 heteroatoms. The van der Waals surface area contributed by atoms with Crippen molar-refractivity contribution in [1.82, 2.24) is 9.55 Å². The Hall–Kier alpha value is -0.800. The van der Waals surface area contributed by atoms with Crippen LogP contribution in [0.3, 0.4) is 0 Å². The number of fused-ring (bicyclic) bond motifs is 1. The largest absolute Gasteiger partial charge is 0.325 e. The Morgan fingerprint density at radius 2 is 2.19 bits per heavy atom. The van der Waals surface area contributed by atoms with Crippen LogP contribution >= 0.6 is 23.2 Å². The topological polar surface area (TPSA) is 17.8 Å². The Morgan fingerprint density at radius 3 is 2.81 bits per heavy atom. The van der Waals surface area contributed by atoms with Gasteiger partial charge in [-0.1, -0.05) is 25.4 Å². The summed E-state index contributed by atoms with van der Waals surface area (Å²) >= 11 is 11.8. The van der Waals surface area contributed by atoms with Gasteiger partial charge in [0.25, 0.3) is 0 Å². The molecular formula is C16H19Cl2FN2. The van der Waals surface area contributed by atoms with Gasteiger partial charge in [0.05, 0.1) is 16.1 Å². The molecule has 1 aromatic carbocycles. The first-order chi connectivity index (χ1) is 9.91. The van der Waals surface area contributed by atoms with Gasteiger partial charge in [0.1, 0.15) is 11.6 Å². The maximum Gasteiger partial charge on any atom is 0.144 e. The average Bonchev–Trinajstić information content (AvgIpc) is 2.91. The number of aryl methyl sites for hydroxylation is 1. The molecule has 114 valence electrons. The van der Waals surface area contributed by atoms with Crippen molar-refractivity contribution in [2.45, 2.75) is 45.6 Å². The number of nitrogens with zero attached hydrogens (tertiary/aromatic N) is 2. The molecule has 0 bridgehead atoms. The Kier molecular flexibility index (Phi) is 3.91. The zero-order chi connectivity index (χ0) is 15.2. The lowest BCUT2D eigenvalue weighted by atomic mass is 9.92. The van der Waals surface area contributed by atoms with Gasteiger partial charge in [0, 0.05) is 24.4 Å². The van der Waals surface area contributed by atoms with Crippen LogP contribution in [0.15, 0.2) is 12.1 Å². The molecule has 0 aliphatic heterocycles. The highest BCUT2D eigenvalue weighted by atomic mass is 35.5.